The fraction of sp³-hybridized carbons (Fsp3) is 0.882. The number of carbonyl (C=O) groups excluding carboxylic acids is 2. The van der Waals surface area contributed by atoms with Crippen LogP contribution in [0.5, 0.6) is 0 Å². The van der Waals surface area contributed by atoms with E-state index < -0.39 is 18.1 Å². The first kappa shape index (κ1) is 21.7. The third kappa shape index (κ3) is 5.47. The van der Waals surface area contributed by atoms with Crippen molar-refractivity contribution in [2.24, 2.45) is 0 Å². The van der Waals surface area contributed by atoms with E-state index in [9.17, 15) is 22.8 Å². The maximum atomic E-state index is 13.0. The number of likely N-dealkylation sites (N-methyl/N-ethyl adjacent to an activating group) is 1. The van der Waals surface area contributed by atoms with Crippen LogP contribution in [0, 0.1) is 0 Å². The molecule has 0 saturated carbocycles. The Bertz CT molecular complexity index is 530. The second-order valence-corrected chi connectivity index (χ2v) is 7.37. The summed E-state index contributed by atoms with van der Waals surface area (Å²) in [7, 11) is 5.39. The summed E-state index contributed by atoms with van der Waals surface area (Å²) in [4.78, 5) is 30.8. The highest BCUT2D eigenvalue weighted by atomic mass is 19.4. The first-order chi connectivity index (χ1) is 12.6. The molecular weight excluding hydrogens is 365 g/mol. The van der Waals surface area contributed by atoms with Gasteiger partial charge in [-0.3, -0.25) is 4.79 Å². The molecule has 7 nitrogen and oxygen atoms in total. The Hall–Kier alpha value is -1.55. The number of nitrogens with zero attached hydrogens (tertiary/aromatic N) is 4. The van der Waals surface area contributed by atoms with Crippen molar-refractivity contribution in [3.8, 4) is 0 Å². The molecular formula is C17H29F3N4O3. The zero-order valence-electron chi connectivity index (χ0n) is 16.2. The summed E-state index contributed by atoms with van der Waals surface area (Å²) in [6.45, 7) is 1.99. The van der Waals surface area contributed by atoms with Gasteiger partial charge in [-0.1, -0.05) is 0 Å². The minimum absolute atomic E-state index is 0.0364. The van der Waals surface area contributed by atoms with Gasteiger partial charge in [0, 0.05) is 52.5 Å². The van der Waals surface area contributed by atoms with Gasteiger partial charge in [-0.2, -0.15) is 13.2 Å². The van der Waals surface area contributed by atoms with Crippen LogP contribution in [-0.4, -0.2) is 110 Å². The maximum absolute atomic E-state index is 13.0. The summed E-state index contributed by atoms with van der Waals surface area (Å²) in [6.07, 6.45) is -3.37. The van der Waals surface area contributed by atoms with Crippen molar-refractivity contribution in [3.63, 3.8) is 0 Å². The minimum Gasteiger partial charge on any atom is -0.385 e. The molecule has 156 valence electrons. The Kier molecular flexibility index (Phi) is 7.32. The number of urea groups is 1. The number of hydrogen-bond acceptors (Lipinski definition) is 4. The van der Waals surface area contributed by atoms with E-state index in [-0.39, 0.29) is 25.7 Å². The fourth-order valence-corrected chi connectivity index (χ4v) is 3.70. The van der Waals surface area contributed by atoms with Crippen LogP contribution in [0.25, 0.3) is 0 Å². The van der Waals surface area contributed by atoms with Crippen molar-refractivity contribution in [1.29, 1.82) is 0 Å². The van der Waals surface area contributed by atoms with Crippen LogP contribution in [0.2, 0.25) is 0 Å². The smallest absolute Gasteiger partial charge is 0.385 e. The molecule has 0 aromatic carbocycles. The molecule has 27 heavy (non-hydrogen) atoms. The molecule has 2 rings (SSSR count). The van der Waals surface area contributed by atoms with Gasteiger partial charge in [0.25, 0.3) is 0 Å². The summed E-state index contributed by atoms with van der Waals surface area (Å²) >= 11 is 0. The van der Waals surface area contributed by atoms with Crippen molar-refractivity contribution >= 4 is 11.9 Å². The maximum Gasteiger partial charge on any atom is 0.471 e. The summed E-state index contributed by atoms with van der Waals surface area (Å²) < 4.78 is 43.8. The molecule has 10 heteroatoms. The van der Waals surface area contributed by atoms with Gasteiger partial charge in [0.05, 0.1) is 6.04 Å². The summed E-state index contributed by atoms with van der Waals surface area (Å²) in [5.74, 6) is -1.84. The van der Waals surface area contributed by atoms with Gasteiger partial charge in [0.2, 0.25) is 0 Å². The SMILES string of the molecule is COCCCN(C(=O)C(F)(F)F)[C@@H]1CCN(C(=O)N2CC[C@H](N(C)C)C2)C1. The molecule has 0 bridgehead atoms. The lowest BCUT2D eigenvalue weighted by Crippen LogP contribution is -2.50. The van der Waals surface area contributed by atoms with Crippen LogP contribution in [0.1, 0.15) is 19.3 Å². The minimum atomic E-state index is -4.92. The van der Waals surface area contributed by atoms with Crippen LogP contribution in [-0.2, 0) is 9.53 Å². The molecule has 3 amide bonds. The average molecular weight is 394 g/mol. The van der Waals surface area contributed by atoms with Crippen molar-refractivity contribution in [3.05, 3.63) is 0 Å². The average Bonchev–Trinajstić information content (AvgIpc) is 3.26. The van der Waals surface area contributed by atoms with Gasteiger partial charge in [0.15, 0.2) is 0 Å². The molecule has 2 saturated heterocycles. The quantitative estimate of drug-likeness (QED) is 0.637. The molecule has 0 unspecified atom stereocenters. The number of ether oxygens (including phenoxy) is 1. The number of hydrogen-bond donors (Lipinski definition) is 0. The lowest BCUT2D eigenvalue weighted by Gasteiger charge is -2.30. The third-order valence-corrected chi connectivity index (χ3v) is 5.29. The highest BCUT2D eigenvalue weighted by Gasteiger charge is 2.46. The van der Waals surface area contributed by atoms with Crippen molar-refractivity contribution in [1.82, 2.24) is 19.6 Å². The predicted octanol–water partition coefficient (Wildman–Crippen LogP) is 1.24. The molecule has 2 heterocycles. The molecule has 0 N–H and O–H groups in total. The highest BCUT2D eigenvalue weighted by molar-refractivity contribution is 5.82. The van der Waals surface area contributed by atoms with E-state index in [1.165, 1.54) is 7.11 Å². The van der Waals surface area contributed by atoms with E-state index in [1.54, 1.807) is 9.80 Å². The first-order valence-electron chi connectivity index (χ1n) is 9.22. The van der Waals surface area contributed by atoms with Gasteiger partial charge >= 0.3 is 18.1 Å². The second kappa shape index (κ2) is 9.09. The van der Waals surface area contributed by atoms with Gasteiger partial charge in [-0.15, -0.1) is 0 Å². The zero-order chi connectivity index (χ0) is 20.2. The second-order valence-electron chi connectivity index (χ2n) is 7.37. The van der Waals surface area contributed by atoms with E-state index in [4.69, 9.17) is 4.74 Å². The van der Waals surface area contributed by atoms with Gasteiger partial charge in [-0.05, 0) is 33.4 Å². The number of halogens is 3. The number of alkyl halides is 3. The summed E-state index contributed by atoms with van der Waals surface area (Å²) in [5, 5.41) is 0. The zero-order valence-corrected chi connectivity index (χ0v) is 16.2. The monoisotopic (exact) mass is 394 g/mol. The number of rotatable bonds is 6. The number of likely N-dealkylation sites (tertiary alicyclic amines) is 2. The Labute approximate surface area is 158 Å². The van der Waals surface area contributed by atoms with Crippen molar-refractivity contribution in [2.75, 3.05) is 60.5 Å². The molecule has 2 aliphatic rings. The largest absolute Gasteiger partial charge is 0.471 e. The summed E-state index contributed by atoms with van der Waals surface area (Å²) in [6, 6.07) is -0.477. The molecule has 0 aliphatic carbocycles. The van der Waals surface area contributed by atoms with Crippen LogP contribution in [0.4, 0.5) is 18.0 Å². The highest BCUT2D eigenvalue weighted by Crippen LogP contribution is 2.25. The summed E-state index contributed by atoms with van der Waals surface area (Å²) in [5.41, 5.74) is 0. The van der Waals surface area contributed by atoms with Crippen LogP contribution >= 0.6 is 0 Å². The molecule has 0 aromatic rings. The van der Waals surface area contributed by atoms with Crippen LogP contribution in [0.3, 0.4) is 0 Å². The fourth-order valence-electron chi connectivity index (χ4n) is 3.70. The molecule has 2 atom stereocenters. The van der Waals surface area contributed by atoms with Gasteiger partial charge in [-0.25, -0.2) is 4.79 Å². The Morgan fingerprint density at radius 1 is 1.07 bits per heavy atom. The molecule has 2 fully saturated rings. The number of amides is 3. The lowest BCUT2D eigenvalue weighted by molar-refractivity contribution is -0.187. The van der Waals surface area contributed by atoms with E-state index >= 15 is 0 Å². The Balaban J connectivity index is 1.98. The van der Waals surface area contributed by atoms with Crippen LogP contribution < -0.4 is 0 Å². The number of carbonyl (C=O) groups is 2. The molecule has 0 spiro atoms. The topological polar surface area (TPSA) is 56.3 Å². The normalized spacial score (nSPS) is 23.4. The van der Waals surface area contributed by atoms with E-state index in [0.29, 0.717) is 38.5 Å². The number of methoxy groups -OCH3 is 1. The predicted molar refractivity (Wildman–Crippen MR) is 93.3 cm³/mol. The lowest BCUT2D eigenvalue weighted by atomic mass is 10.2. The van der Waals surface area contributed by atoms with E-state index in [0.717, 1.165) is 11.3 Å². The standard InChI is InChI=1S/C17H29F3N4O3/c1-21(2)13-5-8-22(11-13)16(26)23-9-6-14(12-23)24(7-4-10-27-3)15(25)17(18,19)20/h13-14H,4-12H2,1-3H3/t13-,14+/m0/s1. The molecule has 0 radical (unpaired) electrons. The van der Waals surface area contributed by atoms with Gasteiger partial charge in [0.1, 0.15) is 0 Å². The van der Waals surface area contributed by atoms with Crippen molar-refractivity contribution < 1.29 is 27.5 Å². The first-order valence-corrected chi connectivity index (χ1v) is 9.22. The van der Waals surface area contributed by atoms with E-state index in [2.05, 4.69) is 4.90 Å². The Morgan fingerprint density at radius 3 is 2.11 bits per heavy atom. The van der Waals surface area contributed by atoms with Crippen LogP contribution in [0.15, 0.2) is 0 Å². The Morgan fingerprint density at radius 2 is 1.63 bits per heavy atom. The molecule has 0 aromatic heterocycles. The van der Waals surface area contributed by atoms with E-state index in [1.807, 2.05) is 14.1 Å². The molecule has 2 aliphatic heterocycles. The third-order valence-electron chi connectivity index (χ3n) is 5.29. The van der Waals surface area contributed by atoms with Crippen molar-refractivity contribution in [2.45, 2.75) is 37.5 Å². The van der Waals surface area contributed by atoms with Gasteiger partial charge < -0.3 is 24.3 Å².